The first kappa shape index (κ1) is 14.3. The van der Waals surface area contributed by atoms with Gasteiger partial charge in [0, 0.05) is 18.0 Å². The second-order valence-electron chi connectivity index (χ2n) is 5.54. The van der Waals surface area contributed by atoms with Crippen LogP contribution in [0.5, 0.6) is 0 Å². The summed E-state index contributed by atoms with van der Waals surface area (Å²) in [6, 6.07) is 8.23. The highest BCUT2D eigenvalue weighted by Crippen LogP contribution is 2.31. The zero-order valence-corrected chi connectivity index (χ0v) is 12.6. The van der Waals surface area contributed by atoms with Crippen molar-refractivity contribution in [3.8, 4) is 0 Å². The molecular weight excluding hydrogens is 288 g/mol. The van der Waals surface area contributed by atoms with E-state index in [4.69, 9.17) is 16.7 Å². The van der Waals surface area contributed by atoms with Crippen molar-refractivity contribution >= 4 is 28.5 Å². The molecule has 0 spiro atoms. The standard InChI is InChI=1S/C16H17ClN2O2/c1-10-12-4-2-3-5-13(12)18-14(16(10)17)8-19(9-15(20)21)11-6-7-11/h2-5,11H,6-9H2,1H3,(H,20,21). The predicted octanol–water partition coefficient (Wildman–Crippen LogP) is 3.25. The second-order valence-corrected chi connectivity index (χ2v) is 5.92. The third-order valence-corrected chi connectivity index (χ3v) is 4.40. The SMILES string of the molecule is Cc1c(Cl)c(CN(CC(=O)O)C2CC2)nc2ccccc12. The van der Waals surface area contributed by atoms with Crippen molar-refractivity contribution in [2.75, 3.05) is 6.54 Å². The highest BCUT2D eigenvalue weighted by atomic mass is 35.5. The molecule has 0 radical (unpaired) electrons. The average molecular weight is 305 g/mol. The summed E-state index contributed by atoms with van der Waals surface area (Å²) < 4.78 is 0. The Labute approximate surface area is 128 Å². The van der Waals surface area contributed by atoms with E-state index in [2.05, 4.69) is 4.98 Å². The van der Waals surface area contributed by atoms with E-state index in [1.807, 2.05) is 36.1 Å². The fourth-order valence-corrected chi connectivity index (χ4v) is 2.85. The van der Waals surface area contributed by atoms with Gasteiger partial charge in [0.1, 0.15) is 0 Å². The maximum Gasteiger partial charge on any atom is 0.317 e. The molecule has 1 aromatic heterocycles. The minimum atomic E-state index is -0.810. The lowest BCUT2D eigenvalue weighted by Crippen LogP contribution is -2.31. The largest absolute Gasteiger partial charge is 0.480 e. The monoisotopic (exact) mass is 304 g/mol. The number of hydrogen-bond acceptors (Lipinski definition) is 3. The number of rotatable bonds is 5. The third-order valence-electron chi connectivity index (χ3n) is 3.90. The Hall–Kier alpha value is -1.65. The number of carboxylic acids is 1. The summed E-state index contributed by atoms with van der Waals surface area (Å²) in [4.78, 5) is 17.6. The molecule has 0 saturated heterocycles. The Bertz CT molecular complexity index is 698. The number of carboxylic acid groups (broad SMARTS) is 1. The molecule has 0 aliphatic heterocycles. The van der Waals surface area contributed by atoms with E-state index in [1.165, 1.54) is 0 Å². The zero-order valence-electron chi connectivity index (χ0n) is 11.8. The van der Waals surface area contributed by atoms with Gasteiger partial charge in [-0.3, -0.25) is 9.69 Å². The highest BCUT2D eigenvalue weighted by molar-refractivity contribution is 6.32. The van der Waals surface area contributed by atoms with Gasteiger partial charge in [-0.05, 0) is 31.4 Å². The van der Waals surface area contributed by atoms with Gasteiger partial charge in [-0.2, -0.15) is 0 Å². The summed E-state index contributed by atoms with van der Waals surface area (Å²) in [6.45, 7) is 2.50. The molecule has 1 fully saturated rings. The van der Waals surface area contributed by atoms with E-state index >= 15 is 0 Å². The van der Waals surface area contributed by atoms with Crippen molar-refractivity contribution in [1.82, 2.24) is 9.88 Å². The molecule has 1 heterocycles. The Kier molecular flexibility index (Phi) is 3.83. The first-order chi connectivity index (χ1) is 10.1. The second kappa shape index (κ2) is 5.62. The summed E-state index contributed by atoms with van der Waals surface area (Å²) >= 11 is 6.44. The number of carbonyl (C=O) groups is 1. The molecule has 5 heteroatoms. The normalized spacial score (nSPS) is 14.8. The Balaban J connectivity index is 1.95. The van der Waals surface area contributed by atoms with Gasteiger partial charge in [-0.25, -0.2) is 4.98 Å². The molecule has 1 aromatic carbocycles. The molecule has 0 unspecified atom stereocenters. The molecule has 0 bridgehead atoms. The van der Waals surface area contributed by atoms with Crippen LogP contribution in [0.25, 0.3) is 10.9 Å². The molecule has 3 rings (SSSR count). The Morgan fingerprint density at radius 3 is 2.81 bits per heavy atom. The average Bonchev–Trinajstić information content (AvgIpc) is 3.28. The van der Waals surface area contributed by atoms with E-state index in [9.17, 15) is 4.79 Å². The van der Waals surface area contributed by atoms with Gasteiger partial charge in [0.15, 0.2) is 0 Å². The van der Waals surface area contributed by atoms with Crippen molar-refractivity contribution in [3.05, 3.63) is 40.5 Å². The number of aromatic nitrogens is 1. The van der Waals surface area contributed by atoms with E-state index in [0.29, 0.717) is 17.6 Å². The molecule has 0 amide bonds. The van der Waals surface area contributed by atoms with Gasteiger partial charge in [0.2, 0.25) is 0 Å². The van der Waals surface area contributed by atoms with Crippen molar-refractivity contribution in [3.63, 3.8) is 0 Å². The quantitative estimate of drug-likeness (QED) is 0.921. The minimum Gasteiger partial charge on any atom is -0.480 e. The smallest absolute Gasteiger partial charge is 0.317 e. The molecule has 1 aliphatic carbocycles. The van der Waals surface area contributed by atoms with Crippen LogP contribution >= 0.6 is 11.6 Å². The lowest BCUT2D eigenvalue weighted by atomic mass is 10.1. The number of fused-ring (bicyclic) bond motifs is 1. The van der Waals surface area contributed by atoms with Crippen molar-refractivity contribution in [2.45, 2.75) is 32.4 Å². The fourth-order valence-electron chi connectivity index (χ4n) is 2.64. The molecule has 0 atom stereocenters. The lowest BCUT2D eigenvalue weighted by Gasteiger charge is -2.20. The number of para-hydroxylation sites is 1. The minimum absolute atomic E-state index is 0.0363. The van der Waals surface area contributed by atoms with Crippen LogP contribution in [0.1, 0.15) is 24.1 Å². The van der Waals surface area contributed by atoms with E-state index < -0.39 is 5.97 Å². The van der Waals surface area contributed by atoms with Crippen LogP contribution in [0.4, 0.5) is 0 Å². The number of nitrogens with zero attached hydrogens (tertiary/aromatic N) is 2. The summed E-state index contributed by atoms with van der Waals surface area (Å²) in [6.07, 6.45) is 2.11. The summed E-state index contributed by atoms with van der Waals surface area (Å²) in [5.41, 5.74) is 2.67. The Morgan fingerprint density at radius 2 is 2.14 bits per heavy atom. The fraction of sp³-hybridized carbons (Fsp3) is 0.375. The highest BCUT2D eigenvalue weighted by Gasteiger charge is 2.31. The molecular formula is C16H17ClN2O2. The number of hydrogen-bond donors (Lipinski definition) is 1. The van der Waals surface area contributed by atoms with Gasteiger partial charge in [-0.1, -0.05) is 29.8 Å². The predicted molar refractivity (Wildman–Crippen MR) is 82.6 cm³/mol. The molecule has 4 nitrogen and oxygen atoms in total. The third kappa shape index (κ3) is 3.01. The van der Waals surface area contributed by atoms with Crippen LogP contribution in [-0.4, -0.2) is 33.5 Å². The van der Waals surface area contributed by atoms with Crippen LogP contribution in [0.2, 0.25) is 5.02 Å². The lowest BCUT2D eigenvalue weighted by molar-refractivity contribution is -0.138. The summed E-state index contributed by atoms with van der Waals surface area (Å²) in [7, 11) is 0. The first-order valence-electron chi connectivity index (χ1n) is 7.06. The number of pyridine rings is 1. The molecule has 1 N–H and O–H groups in total. The maximum absolute atomic E-state index is 11.0. The van der Waals surface area contributed by atoms with Gasteiger partial charge in [-0.15, -0.1) is 0 Å². The maximum atomic E-state index is 11.0. The summed E-state index contributed by atoms with van der Waals surface area (Å²) in [5.74, 6) is -0.810. The van der Waals surface area contributed by atoms with Crippen LogP contribution in [0, 0.1) is 6.92 Å². The molecule has 110 valence electrons. The summed E-state index contributed by atoms with van der Waals surface area (Å²) in [5, 5.41) is 10.7. The van der Waals surface area contributed by atoms with Gasteiger partial charge < -0.3 is 5.11 Å². The van der Waals surface area contributed by atoms with Crippen LogP contribution in [0.3, 0.4) is 0 Å². The molecule has 1 aliphatic rings. The molecule has 21 heavy (non-hydrogen) atoms. The molecule has 2 aromatic rings. The molecule has 1 saturated carbocycles. The number of halogens is 1. The number of aryl methyl sites for hydroxylation is 1. The van der Waals surface area contributed by atoms with Crippen LogP contribution in [0.15, 0.2) is 24.3 Å². The number of benzene rings is 1. The first-order valence-corrected chi connectivity index (χ1v) is 7.43. The van der Waals surface area contributed by atoms with Crippen molar-refractivity contribution < 1.29 is 9.90 Å². The van der Waals surface area contributed by atoms with Gasteiger partial charge in [0.25, 0.3) is 0 Å². The van der Waals surface area contributed by atoms with E-state index in [0.717, 1.165) is 35.0 Å². The Morgan fingerprint density at radius 1 is 1.43 bits per heavy atom. The topological polar surface area (TPSA) is 53.4 Å². The van der Waals surface area contributed by atoms with Gasteiger partial charge >= 0.3 is 5.97 Å². The van der Waals surface area contributed by atoms with Crippen molar-refractivity contribution in [2.24, 2.45) is 0 Å². The van der Waals surface area contributed by atoms with Gasteiger partial charge in [0.05, 0.1) is 22.8 Å². The van der Waals surface area contributed by atoms with E-state index in [-0.39, 0.29) is 6.54 Å². The zero-order chi connectivity index (χ0) is 15.0. The van der Waals surface area contributed by atoms with Crippen molar-refractivity contribution in [1.29, 1.82) is 0 Å². The van der Waals surface area contributed by atoms with Crippen LogP contribution in [-0.2, 0) is 11.3 Å². The van der Waals surface area contributed by atoms with Crippen LogP contribution < -0.4 is 0 Å². The van der Waals surface area contributed by atoms with E-state index in [1.54, 1.807) is 0 Å². The number of aliphatic carboxylic acids is 1.